The molecule has 0 aliphatic carbocycles. The lowest BCUT2D eigenvalue weighted by Crippen LogP contribution is -2.29. The van der Waals surface area contributed by atoms with Crippen molar-refractivity contribution in [3.63, 3.8) is 0 Å². The van der Waals surface area contributed by atoms with E-state index in [0.717, 1.165) is 5.56 Å². The van der Waals surface area contributed by atoms with Crippen molar-refractivity contribution in [2.75, 3.05) is 4.31 Å². The first-order chi connectivity index (χ1) is 9.59. The normalized spacial score (nSPS) is 19.0. The number of carbonyl (C=O) groups is 1. The van der Waals surface area contributed by atoms with E-state index in [-0.39, 0.29) is 9.83 Å². The predicted molar refractivity (Wildman–Crippen MR) is 88.5 cm³/mol. The Hall–Kier alpha value is -0.920. The molecule has 3 rings (SSSR count). The van der Waals surface area contributed by atoms with Crippen LogP contribution in [0.25, 0.3) is 0 Å². The van der Waals surface area contributed by atoms with Gasteiger partial charge in [0.25, 0.3) is 5.91 Å². The summed E-state index contributed by atoms with van der Waals surface area (Å²) in [6.45, 7) is 0. The molecule has 0 saturated heterocycles. The SMILES string of the molecule is O=C1C(I)c2ccccc2N1S(=O)c1ccc(Cl)cc1. The summed E-state index contributed by atoms with van der Waals surface area (Å²) in [5, 5.41) is 0.575. The quantitative estimate of drug-likeness (QED) is 0.549. The molecule has 0 N–H and O–H groups in total. The molecule has 1 aliphatic heterocycles. The Morgan fingerprint density at radius 3 is 2.45 bits per heavy atom. The van der Waals surface area contributed by atoms with Crippen molar-refractivity contribution in [3.05, 3.63) is 59.1 Å². The van der Waals surface area contributed by atoms with Gasteiger partial charge in [-0.1, -0.05) is 52.4 Å². The molecule has 0 radical (unpaired) electrons. The van der Waals surface area contributed by atoms with Crippen molar-refractivity contribution in [1.29, 1.82) is 0 Å². The molecule has 6 heteroatoms. The number of amides is 1. The van der Waals surface area contributed by atoms with E-state index in [1.807, 2.05) is 24.3 Å². The summed E-state index contributed by atoms with van der Waals surface area (Å²) in [6.07, 6.45) is 0. The van der Waals surface area contributed by atoms with Gasteiger partial charge >= 0.3 is 0 Å². The van der Waals surface area contributed by atoms with Gasteiger partial charge in [-0.05, 0) is 35.9 Å². The van der Waals surface area contributed by atoms with Crippen LogP contribution in [0, 0.1) is 0 Å². The topological polar surface area (TPSA) is 37.4 Å². The third-order valence-corrected chi connectivity index (χ3v) is 5.87. The highest BCUT2D eigenvalue weighted by atomic mass is 127. The minimum Gasteiger partial charge on any atom is -0.272 e. The average molecular weight is 418 g/mol. The van der Waals surface area contributed by atoms with Crippen LogP contribution in [0.5, 0.6) is 0 Å². The first-order valence-electron chi connectivity index (χ1n) is 5.84. The predicted octanol–water partition coefficient (Wildman–Crippen LogP) is 3.89. The number of rotatable bonds is 2. The fourth-order valence-electron chi connectivity index (χ4n) is 2.07. The van der Waals surface area contributed by atoms with Crippen LogP contribution in [0.15, 0.2) is 53.4 Å². The lowest BCUT2D eigenvalue weighted by atomic mass is 10.2. The van der Waals surface area contributed by atoms with Gasteiger partial charge in [-0.15, -0.1) is 0 Å². The largest absolute Gasteiger partial charge is 0.272 e. The Kier molecular flexibility index (Phi) is 3.83. The molecule has 1 amide bonds. The number of para-hydroxylation sites is 1. The maximum Gasteiger partial charge on any atom is 0.256 e. The molecule has 0 saturated carbocycles. The molecule has 20 heavy (non-hydrogen) atoms. The van der Waals surface area contributed by atoms with Crippen LogP contribution in [-0.2, 0) is 15.8 Å². The Bertz CT molecular complexity index is 705. The van der Waals surface area contributed by atoms with Crippen LogP contribution in [-0.4, -0.2) is 10.1 Å². The molecule has 3 nitrogen and oxygen atoms in total. The van der Waals surface area contributed by atoms with Crippen molar-refractivity contribution in [3.8, 4) is 0 Å². The van der Waals surface area contributed by atoms with E-state index in [9.17, 15) is 9.00 Å². The van der Waals surface area contributed by atoms with E-state index in [1.165, 1.54) is 4.31 Å². The average Bonchev–Trinajstić information content (AvgIpc) is 2.72. The highest BCUT2D eigenvalue weighted by molar-refractivity contribution is 14.1. The molecule has 2 atom stereocenters. The summed E-state index contributed by atoms with van der Waals surface area (Å²) in [4.78, 5) is 12.9. The van der Waals surface area contributed by atoms with Crippen LogP contribution < -0.4 is 4.31 Å². The zero-order valence-corrected chi connectivity index (χ0v) is 13.9. The summed E-state index contributed by atoms with van der Waals surface area (Å²) in [7, 11) is -1.56. The molecule has 2 unspecified atom stereocenters. The van der Waals surface area contributed by atoms with Crippen molar-refractivity contribution in [1.82, 2.24) is 0 Å². The second-order valence-corrected chi connectivity index (χ2v) is 7.27. The number of anilines is 1. The molecular formula is C14H9ClINO2S. The van der Waals surface area contributed by atoms with Gasteiger partial charge in [0.15, 0.2) is 11.0 Å². The molecular weight excluding hydrogens is 409 g/mol. The van der Waals surface area contributed by atoms with Crippen LogP contribution in [0.2, 0.25) is 5.02 Å². The first-order valence-corrected chi connectivity index (χ1v) is 8.57. The number of halogens is 2. The van der Waals surface area contributed by atoms with Crippen LogP contribution in [0.4, 0.5) is 5.69 Å². The highest BCUT2D eigenvalue weighted by Gasteiger charge is 2.38. The first kappa shape index (κ1) is 14.0. The van der Waals surface area contributed by atoms with Gasteiger partial charge in [-0.2, -0.15) is 0 Å². The van der Waals surface area contributed by atoms with E-state index >= 15 is 0 Å². The third-order valence-electron chi connectivity index (χ3n) is 3.03. The van der Waals surface area contributed by atoms with Crippen molar-refractivity contribution in [2.45, 2.75) is 8.82 Å². The fourth-order valence-corrected chi connectivity index (χ4v) is 4.38. The number of nitrogens with zero attached hydrogens (tertiary/aromatic N) is 1. The number of hydrogen-bond donors (Lipinski definition) is 0. The van der Waals surface area contributed by atoms with Crippen LogP contribution in [0.3, 0.4) is 0 Å². The maximum absolute atomic E-state index is 12.6. The summed E-state index contributed by atoms with van der Waals surface area (Å²) in [6, 6.07) is 14.1. The minimum atomic E-state index is -1.56. The van der Waals surface area contributed by atoms with Crippen LogP contribution >= 0.6 is 34.2 Å². The summed E-state index contributed by atoms with van der Waals surface area (Å²) >= 11 is 7.90. The van der Waals surface area contributed by atoms with Gasteiger partial charge < -0.3 is 0 Å². The lowest BCUT2D eigenvalue weighted by Gasteiger charge is -2.16. The smallest absolute Gasteiger partial charge is 0.256 e. The Morgan fingerprint density at radius 1 is 1.10 bits per heavy atom. The standard InChI is InChI=1S/C14H9ClINO2S/c15-9-5-7-10(8-6-9)20(19)17-12-4-2-1-3-11(12)13(16)14(17)18/h1-8,13H. The maximum atomic E-state index is 12.6. The number of hydrogen-bond acceptors (Lipinski definition) is 2. The lowest BCUT2D eigenvalue weighted by molar-refractivity contribution is -0.116. The molecule has 2 aromatic carbocycles. The number of carbonyl (C=O) groups excluding carboxylic acids is 1. The second kappa shape index (κ2) is 5.46. The molecule has 0 spiro atoms. The summed E-state index contributed by atoms with van der Waals surface area (Å²) in [5.41, 5.74) is 1.62. The van der Waals surface area contributed by atoms with Crippen molar-refractivity contribution in [2.24, 2.45) is 0 Å². The number of alkyl halides is 1. The Balaban J connectivity index is 2.04. The highest BCUT2D eigenvalue weighted by Crippen LogP contribution is 2.42. The number of fused-ring (bicyclic) bond motifs is 1. The van der Waals surface area contributed by atoms with Gasteiger partial charge in [0, 0.05) is 5.02 Å². The molecule has 0 fully saturated rings. The van der Waals surface area contributed by atoms with Gasteiger partial charge in [0.1, 0.15) is 3.92 Å². The number of benzene rings is 2. The monoisotopic (exact) mass is 417 g/mol. The summed E-state index contributed by atoms with van der Waals surface area (Å²) in [5.74, 6) is -0.153. The van der Waals surface area contributed by atoms with Gasteiger partial charge in [-0.3, -0.25) is 4.79 Å². The molecule has 0 aromatic heterocycles. The van der Waals surface area contributed by atoms with Crippen LogP contribution in [0.1, 0.15) is 9.49 Å². The van der Waals surface area contributed by atoms with E-state index < -0.39 is 11.0 Å². The molecule has 0 bridgehead atoms. The Labute approximate surface area is 137 Å². The van der Waals surface area contributed by atoms with E-state index in [2.05, 4.69) is 22.6 Å². The van der Waals surface area contributed by atoms with E-state index in [0.29, 0.717) is 15.6 Å². The van der Waals surface area contributed by atoms with Crippen molar-refractivity contribution < 1.29 is 9.00 Å². The van der Waals surface area contributed by atoms with Gasteiger partial charge in [0.05, 0.1) is 10.6 Å². The summed E-state index contributed by atoms with van der Waals surface area (Å²) < 4.78 is 13.7. The van der Waals surface area contributed by atoms with Gasteiger partial charge in [0.2, 0.25) is 0 Å². The molecule has 1 aliphatic rings. The fraction of sp³-hybridized carbons (Fsp3) is 0.0714. The second-order valence-electron chi connectivity index (χ2n) is 4.26. The molecule has 102 valence electrons. The molecule has 2 aromatic rings. The van der Waals surface area contributed by atoms with E-state index in [4.69, 9.17) is 11.6 Å². The zero-order chi connectivity index (χ0) is 14.3. The van der Waals surface area contributed by atoms with Crippen molar-refractivity contribution >= 4 is 56.8 Å². The van der Waals surface area contributed by atoms with Gasteiger partial charge in [-0.25, -0.2) is 8.51 Å². The van der Waals surface area contributed by atoms with E-state index in [1.54, 1.807) is 24.3 Å². The third kappa shape index (κ3) is 2.27. The Morgan fingerprint density at radius 2 is 1.75 bits per heavy atom. The minimum absolute atomic E-state index is 0.153. The molecule has 1 heterocycles. The zero-order valence-electron chi connectivity index (χ0n) is 10.1.